The van der Waals surface area contributed by atoms with Crippen molar-refractivity contribution in [2.24, 2.45) is 17.4 Å². The van der Waals surface area contributed by atoms with Crippen molar-refractivity contribution >= 4 is 40.5 Å². The number of amides is 4. The van der Waals surface area contributed by atoms with Crippen LogP contribution in [0.1, 0.15) is 37.9 Å². The number of para-hydroxylation sites is 1. The van der Waals surface area contributed by atoms with Gasteiger partial charge in [0.1, 0.15) is 18.1 Å². The zero-order valence-electron chi connectivity index (χ0n) is 22.8. The highest BCUT2D eigenvalue weighted by Crippen LogP contribution is 2.19. The number of nitrogens with one attached hydrogen (secondary N) is 5. The number of nitrogens with zero attached hydrogens (tertiary/aromatic N) is 1. The smallest absolute Gasteiger partial charge is 0.326 e. The Kier molecular flexibility index (Phi) is 10.6. The van der Waals surface area contributed by atoms with Gasteiger partial charge in [-0.15, -0.1) is 0 Å². The Bertz CT molecular complexity index is 1370. The van der Waals surface area contributed by atoms with Crippen LogP contribution < -0.4 is 27.4 Å². The maximum Gasteiger partial charge on any atom is 0.326 e. The van der Waals surface area contributed by atoms with E-state index in [2.05, 4.69) is 30.9 Å². The number of nitrogens with two attached hydrogens (primary N) is 2. The number of carbonyl (C=O) groups is 5. The fourth-order valence-electron chi connectivity index (χ4n) is 4.21. The van der Waals surface area contributed by atoms with Crippen LogP contribution in [0, 0.1) is 5.92 Å². The molecule has 4 unspecified atom stereocenters. The lowest BCUT2D eigenvalue weighted by atomic mass is 10.0. The minimum absolute atomic E-state index is 0.0000227. The van der Waals surface area contributed by atoms with Gasteiger partial charge in [-0.3, -0.25) is 19.2 Å². The van der Waals surface area contributed by atoms with Gasteiger partial charge in [-0.1, -0.05) is 32.0 Å². The number of carboxylic acid groups (broad SMARTS) is 1. The van der Waals surface area contributed by atoms with Gasteiger partial charge in [0.05, 0.1) is 12.4 Å². The third kappa shape index (κ3) is 8.63. The molecule has 3 aromatic rings. The molecule has 0 aliphatic rings. The molecule has 14 heteroatoms. The van der Waals surface area contributed by atoms with E-state index in [9.17, 15) is 29.1 Å². The van der Waals surface area contributed by atoms with Crippen molar-refractivity contribution in [2.75, 3.05) is 0 Å². The Morgan fingerprint density at radius 2 is 1.56 bits per heavy atom. The predicted molar refractivity (Wildman–Crippen MR) is 149 cm³/mol. The summed E-state index contributed by atoms with van der Waals surface area (Å²) in [5, 5.41) is 18.1. The van der Waals surface area contributed by atoms with E-state index in [1.165, 1.54) is 12.5 Å². The number of hydrogen-bond donors (Lipinski definition) is 8. The number of carboxylic acids is 1. The van der Waals surface area contributed by atoms with Crippen LogP contribution in [-0.2, 0) is 36.8 Å². The summed E-state index contributed by atoms with van der Waals surface area (Å²) in [6, 6.07) is 2.71. The minimum atomic E-state index is -1.41. The molecule has 0 aliphatic heterocycles. The van der Waals surface area contributed by atoms with Crippen LogP contribution in [0.5, 0.6) is 0 Å². The topological polar surface area (TPSA) is 238 Å². The van der Waals surface area contributed by atoms with Gasteiger partial charge in [0.2, 0.25) is 23.6 Å². The average Bonchev–Trinajstić information content (AvgIpc) is 3.59. The number of H-pyrrole nitrogens is 2. The monoisotopic (exact) mass is 568 g/mol. The molecule has 1 aromatic carbocycles. The highest BCUT2D eigenvalue weighted by molar-refractivity contribution is 5.95. The van der Waals surface area contributed by atoms with Crippen molar-refractivity contribution in [3.63, 3.8) is 0 Å². The summed E-state index contributed by atoms with van der Waals surface area (Å²) in [5.74, 6) is -4.29. The van der Waals surface area contributed by atoms with Crippen LogP contribution in [0.3, 0.4) is 0 Å². The van der Waals surface area contributed by atoms with Crippen molar-refractivity contribution in [3.05, 3.63) is 54.2 Å². The van der Waals surface area contributed by atoms with Crippen molar-refractivity contribution in [2.45, 2.75) is 63.7 Å². The summed E-state index contributed by atoms with van der Waals surface area (Å²) < 4.78 is 0. The number of primary amides is 1. The first-order valence-corrected chi connectivity index (χ1v) is 13.2. The number of benzene rings is 1. The van der Waals surface area contributed by atoms with Gasteiger partial charge < -0.3 is 42.5 Å². The second-order valence-corrected chi connectivity index (χ2v) is 10.1. The zero-order chi connectivity index (χ0) is 30.1. The highest BCUT2D eigenvalue weighted by Gasteiger charge is 2.32. The molecule has 10 N–H and O–H groups in total. The van der Waals surface area contributed by atoms with E-state index in [1.54, 1.807) is 20.0 Å². The number of rotatable bonds is 15. The molecule has 14 nitrogen and oxygen atoms in total. The Balaban J connectivity index is 1.88. The summed E-state index contributed by atoms with van der Waals surface area (Å²) in [7, 11) is 0. The third-order valence-electron chi connectivity index (χ3n) is 6.66. The molecule has 4 atom stereocenters. The molecule has 0 saturated carbocycles. The van der Waals surface area contributed by atoms with Gasteiger partial charge in [-0.2, -0.15) is 0 Å². The summed E-state index contributed by atoms with van der Waals surface area (Å²) in [6.45, 7) is 3.54. The Morgan fingerprint density at radius 1 is 0.927 bits per heavy atom. The van der Waals surface area contributed by atoms with Gasteiger partial charge in [0.15, 0.2) is 0 Å². The summed E-state index contributed by atoms with van der Waals surface area (Å²) in [4.78, 5) is 72.7. The lowest BCUT2D eigenvalue weighted by Gasteiger charge is -2.25. The Morgan fingerprint density at radius 3 is 2.17 bits per heavy atom. The number of carbonyl (C=O) groups excluding carboxylic acids is 4. The van der Waals surface area contributed by atoms with Crippen LogP contribution >= 0.6 is 0 Å². The predicted octanol–water partition coefficient (Wildman–Crippen LogP) is -0.536. The first-order chi connectivity index (χ1) is 19.5. The normalized spacial score (nSPS) is 14.1. The molecule has 2 aromatic heterocycles. The van der Waals surface area contributed by atoms with Gasteiger partial charge in [-0.25, -0.2) is 9.78 Å². The van der Waals surface area contributed by atoms with Crippen molar-refractivity contribution in [1.82, 2.24) is 30.9 Å². The van der Waals surface area contributed by atoms with Crippen molar-refractivity contribution in [1.29, 1.82) is 0 Å². The number of fused-ring (bicyclic) bond motifs is 1. The molecule has 41 heavy (non-hydrogen) atoms. The van der Waals surface area contributed by atoms with E-state index >= 15 is 0 Å². The second-order valence-electron chi connectivity index (χ2n) is 10.1. The molecule has 0 saturated heterocycles. The third-order valence-corrected chi connectivity index (χ3v) is 6.66. The summed E-state index contributed by atoms with van der Waals surface area (Å²) in [6.07, 6.45) is 4.17. The number of aliphatic carboxylic acids is 1. The Hall–Kier alpha value is -4.72. The van der Waals surface area contributed by atoms with Crippen LogP contribution in [0.25, 0.3) is 10.9 Å². The lowest BCUT2D eigenvalue weighted by Crippen LogP contribution is -2.58. The Labute approximate surface area is 236 Å². The van der Waals surface area contributed by atoms with Crippen LogP contribution in [0.2, 0.25) is 0 Å². The average molecular weight is 569 g/mol. The quantitative estimate of drug-likeness (QED) is 0.118. The van der Waals surface area contributed by atoms with E-state index in [1.807, 2.05) is 24.3 Å². The van der Waals surface area contributed by atoms with Gasteiger partial charge >= 0.3 is 5.97 Å². The fourth-order valence-corrected chi connectivity index (χ4v) is 4.21. The number of aromatic nitrogens is 3. The molecule has 0 aliphatic carbocycles. The summed E-state index contributed by atoms with van der Waals surface area (Å²) >= 11 is 0. The van der Waals surface area contributed by atoms with E-state index < -0.39 is 53.8 Å². The molecule has 0 radical (unpaired) electrons. The molecule has 220 valence electrons. The molecule has 0 bridgehead atoms. The SMILES string of the molecule is CC(C)C(N)C(=O)NC(Cc1cnc[nH]1)C(=O)NC(Cc1c[nH]c2ccccc12)C(=O)NC(CCC(N)=O)C(=O)O. The molecule has 4 amide bonds. The van der Waals surface area contributed by atoms with E-state index in [-0.39, 0.29) is 31.6 Å². The lowest BCUT2D eigenvalue weighted by molar-refractivity contribution is -0.142. The van der Waals surface area contributed by atoms with Crippen LogP contribution in [-0.4, -0.2) is 73.8 Å². The van der Waals surface area contributed by atoms with Gasteiger partial charge in [0, 0.05) is 48.3 Å². The van der Waals surface area contributed by atoms with Crippen molar-refractivity contribution < 1.29 is 29.1 Å². The number of aromatic amines is 2. The number of hydrogen-bond acceptors (Lipinski definition) is 7. The standard InChI is InChI=1S/C27H36N8O6/c1-14(2)23(29)26(39)35-21(10-16-12-30-13-32-16)25(38)34-20(9-15-11-31-18-6-4-3-5-17(15)18)24(37)33-19(27(40)41)7-8-22(28)36/h3-6,11-14,19-21,23,31H,7-10,29H2,1-2H3,(H2,28,36)(H,30,32)(H,33,37)(H,34,38)(H,35,39)(H,40,41). The van der Waals surface area contributed by atoms with E-state index in [4.69, 9.17) is 11.5 Å². The molecule has 0 spiro atoms. The first kappa shape index (κ1) is 30.8. The largest absolute Gasteiger partial charge is 0.480 e. The van der Waals surface area contributed by atoms with Crippen LogP contribution in [0.4, 0.5) is 0 Å². The first-order valence-electron chi connectivity index (χ1n) is 13.2. The van der Waals surface area contributed by atoms with Crippen LogP contribution in [0.15, 0.2) is 43.0 Å². The maximum absolute atomic E-state index is 13.6. The molecular weight excluding hydrogens is 532 g/mol. The molecule has 2 heterocycles. The van der Waals surface area contributed by atoms with Gasteiger partial charge in [-0.05, 0) is 24.0 Å². The maximum atomic E-state index is 13.6. The number of imidazole rings is 1. The fraction of sp³-hybridized carbons (Fsp3) is 0.407. The second kappa shape index (κ2) is 14.1. The van der Waals surface area contributed by atoms with Gasteiger partial charge in [0.25, 0.3) is 0 Å². The minimum Gasteiger partial charge on any atom is -0.480 e. The molecule has 3 rings (SSSR count). The van der Waals surface area contributed by atoms with E-state index in [0.717, 1.165) is 10.9 Å². The highest BCUT2D eigenvalue weighted by atomic mass is 16.4. The van der Waals surface area contributed by atoms with E-state index in [0.29, 0.717) is 11.3 Å². The zero-order valence-corrected chi connectivity index (χ0v) is 22.8. The molecular formula is C27H36N8O6. The van der Waals surface area contributed by atoms with Crippen molar-refractivity contribution in [3.8, 4) is 0 Å². The summed E-state index contributed by atoms with van der Waals surface area (Å²) in [5.41, 5.74) is 13.2. The molecule has 0 fully saturated rings.